The Morgan fingerprint density at radius 3 is 2.25 bits per heavy atom. The second kappa shape index (κ2) is 6.94. The zero-order valence-electron chi connectivity index (χ0n) is 16.8. The number of hydrogen-bond donors (Lipinski definition) is 0. The number of anilines is 1. The van der Waals surface area contributed by atoms with Crippen molar-refractivity contribution in [2.45, 2.75) is 20.5 Å². The number of para-hydroxylation sites is 1. The van der Waals surface area contributed by atoms with Gasteiger partial charge in [0.1, 0.15) is 0 Å². The van der Waals surface area contributed by atoms with Gasteiger partial charge in [-0.15, -0.1) is 0 Å². The van der Waals surface area contributed by atoms with E-state index in [9.17, 15) is 9.59 Å². The molecular weight excluding hydrogens is 356 g/mol. The fourth-order valence-corrected chi connectivity index (χ4v) is 4.14. The highest BCUT2D eigenvalue weighted by molar-refractivity contribution is 5.69. The third kappa shape index (κ3) is 2.93. The van der Waals surface area contributed by atoms with Gasteiger partial charge in [0.15, 0.2) is 11.2 Å². The first-order chi connectivity index (χ1) is 13.4. The lowest BCUT2D eigenvalue weighted by Crippen LogP contribution is -2.47. The standard InChI is InChI=1S/C20H26N6O2/c1-14-6-5-7-15(2)16(14)25-10-8-24(9-11-25)13-26-12-21-18-17(26)19(27)23(4)20(28)22(18)3/h5-7,12H,8-11,13H2,1-4H3. The molecule has 0 radical (unpaired) electrons. The summed E-state index contributed by atoms with van der Waals surface area (Å²) in [5, 5.41) is 0. The largest absolute Gasteiger partial charge is 0.369 e. The van der Waals surface area contributed by atoms with E-state index in [1.54, 1.807) is 13.4 Å². The minimum atomic E-state index is -0.357. The van der Waals surface area contributed by atoms with Crippen molar-refractivity contribution in [3.63, 3.8) is 0 Å². The van der Waals surface area contributed by atoms with Crippen LogP contribution in [0.2, 0.25) is 0 Å². The summed E-state index contributed by atoms with van der Waals surface area (Å²) in [6, 6.07) is 6.42. The SMILES string of the molecule is Cc1cccc(C)c1N1CCN(Cn2cnc3c2c(=O)n(C)c(=O)n3C)CC1. The van der Waals surface area contributed by atoms with Crippen LogP contribution in [0.25, 0.3) is 11.2 Å². The van der Waals surface area contributed by atoms with Crippen molar-refractivity contribution in [2.24, 2.45) is 14.1 Å². The van der Waals surface area contributed by atoms with Crippen molar-refractivity contribution in [2.75, 3.05) is 31.1 Å². The van der Waals surface area contributed by atoms with Crippen molar-refractivity contribution in [1.29, 1.82) is 0 Å². The maximum Gasteiger partial charge on any atom is 0.332 e. The van der Waals surface area contributed by atoms with E-state index in [4.69, 9.17) is 0 Å². The Labute approximate surface area is 163 Å². The molecule has 8 heteroatoms. The summed E-state index contributed by atoms with van der Waals surface area (Å²) in [6.07, 6.45) is 1.66. The molecule has 4 rings (SSSR count). The summed E-state index contributed by atoms with van der Waals surface area (Å²) in [5.74, 6) is 0. The van der Waals surface area contributed by atoms with Crippen LogP contribution < -0.4 is 16.1 Å². The Kier molecular flexibility index (Phi) is 4.58. The topological polar surface area (TPSA) is 68.3 Å². The van der Waals surface area contributed by atoms with Crippen molar-refractivity contribution in [3.8, 4) is 0 Å². The second-order valence-corrected chi connectivity index (χ2v) is 7.58. The Bertz CT molecular complexity index is 1130. The maximum atomic E-state index is 12.6. The van der Waals surface area contributed by atoms with Gasteiger partial charge >= 0.3 is 5.69 Å². The van der Waals surface area contributed by atoms with Crippen LogP contribution in [0, 0.1) is 13.8 Å². The molecule has 1 fully saturated rings. The number of aryl methyl sites for hydroxylation is 3. The van der Waals surface area contributed by atoms with Crippen LogP contribution in [0.1, 0.15) is 11.1 Å². The highest BCUT2D eigenvalue weighted by Gasteiger charge is 2.21. The van der Waals surface area contributed by atoms with E-state index in [-0.39, 0.29) is 11.2 Å². The molecule has 3 heterocycles. The molecule has 1 saturated heterocycles. The average molecular weight is 382 g/mol. The minimum absolute atomic E-state index is 0.301. The lowest BCUT2D eigenvalue weighted by Gasteiger charge is -2.37. The summed E-state index contributed by atoms with van der Waals surface area (Å²) >= 11 is 0. The van der Waals surface area contributed by atoms with E-state index >= 15 is 0 Å². The predicted molar refractivity (Wildman–Crippen MR) is 110 cm³/mol. The highest BCUT2D eigenvalue weighted by Crippen LogP contribution is 2.25. The van der Waals surface area contributed by atoms with E-state index in [0.29, 0.717) is 17.8 Å². The molecule has 3 aromatic rings. The first-order valence-electron chi connectivity index (χ1n) is 9.53. The number of nitrogens with zero attached hydrogens (tertiary/aromatic N) is 6. The molecule has 0 aliphatic carbocycles. The molecule has 1 aromatic carbocycles. The maximum absolute atomic E-state index is 12.6. The Morgan fingerprint density at radius 1 is 0.964 bits per heavy atom. The van der Waals surface area contributed by atoms with E-state index in [1.165, 1.54) is 28.4 Å². The molecule has 8 nitrogen and oxygen atoms in total. The van der Waals surface area contributed by atoms with Gasteiger partial charge in [0, 0.05) is 46.0 Å². The number of benzene rings is 1. The van der Waals surface area contributed by atoms with Crippen molar-refractivity contribution >= 4 is 16.9 Å². The summed E-state index contributed by atoms with van der Waals surface area (Å²) in [6.45, 7) is 8.59. The lowest BCUT2D eigenvalue weighted by molar-refractivity contribution is 0.208. The van der Waals surface area contributed by atoms with Gasteiger partial charge in [0.05, 0.1) is 13.0 Å². The monoisotopic (exact) mass is 382 g/mol. The number of aromatic nitrogens is 4. The van der Waals surface area contributed by atoms with Gasteiger partial charge in [0.25, 0.3) is 5.56 Å². The Hall–Kier alpha value is -2.87. The van der Waals surface area contributed by atoms with E-state index in [2.05, 4.69) is 46.8 Å². The second-order valence-electron chi connectivity index (χ2n) is 7.58. The molecule has 0 saturated carbocycles. The third-order valence-corrected chi connectivity index (χ3v) is 5.70. The van der Waals surface area contributed by atoms with Crippen LogP contribution in [0.3, 0.4) is 0 Å². The number of fused-ring (bicyclic) bond motifs is 1. The van der Waals surface area contributed by atoms with Gasteiger partial charge in [-0.1, -0.05) is 18.2 Å². The zero-order chi connectivity index (χ0) is 20.0. The lowest BCUT2D eigenvalue weighted by atomic mass is 10.1. The molecule has 0 bridgehead atoms. The smallest absolute Gasteiger partial charge is 0.332 e. The number of rotatable bonds is 3. The predicted octanol–water partition coefficient (Wildman–Crippen LogP) is 0.830. The van der Waals surface area contributed by atoms with Gasteiger partial charge in [0.2, 0.25) is 0 Å². The summed E-state index contributed by atoms with van der Waals surface area (Å²) in [7, 11) is 3.15. The first kappa shape index (κ1) is 18.5. The summed E-state index contributed by atoms with van der Waals surface area (Å²) in [5.41, 5.74) is 4.19. The van der Waals surface area contributed by atoms with E-state index in [1.807, 2.05) is 4.57 Å². The van der Waals surface area contributed by atoms with E-state index < -0.39 is 0 Å². The van der Waals surface area contributed by atoms with Crippen LogP contribution in [0.4, 0.5) is 5.69 Å². The van der Waals surface area contributed by atoms with Crippen molar-refractivity contribution in [3.05, 3.63) is 56.5 Å². The fourth-order valence-electron chi connectivity index (χ4n) is 4.14. The molecule has 0 unspecified atom stereocenters. The van der Waals surface area contributed by atoms with Crippen molar-refractivity contribution < 1.29 is 0 Å². The first-order valence-corrected chi connectivity index (χ1v) is 9.53. The minimum Gasteiger partial charge on any atom is -0.369 e. The number of hydrogen-bond acceptors (Lipinski definition) is 5. The molecule has 0 amide bonds. The molecule has 0 N–H and O–H groups in total. The molecular formula is C20H26N6O2. The number of piperazine rings is 1. The number of imidazole rings is 1. The van der Waals surface area contributed by atoms with Gasteiger partial charge in [-0.3, -0.25) is 18.8 Å². The molecule has 0 spiro atoms. The van der Waals surface area contributed by atoms with Gasteiger partial charge in [-0.2, -0.15) is 0 Å². The molecule has 0 atom stereocenters. The highest BCUT2D eigenvalue weighted by atomic mass is 16.2. The van der Waals surface area contributed by atoms with Crippen LogP contribution in [0.15, 0.2) is 34.1 Å². The van der Waals surface area contributed by atoms with Gasteiger partial charge < -0.3 is 9.47 Å². The van der Waals surface area contributed by atoms with Crippen LogP contribution in [-0.2, 0) is 20.8 Å². The Morgan fingerprint density at radius 2 is 1.61 bits per heavy atom. The summed E-state index contributed by atoms with van der Waals surface area (Å²) < 4.78 is 4.41. The third-order valence-electron chi connectivity index (χ3n) is 5.70. The molecule has 2 aromatic heterocycles. The van der Waals surface area contributed by atoms with Crippen LogP contribution in [-0.4, -0.2) is 49.8 Å². The zero-order valence-corrected chi connectivity index (χ0v) is 16.8. The molecule has 28 heavy (non-hydrogen) atoms. The molecule has 148 valence electrons. The van der Waals surface area contributed by atoms with Crippen molar-refractivity contribution in [1.82, 2.24) is 23.6 Å². The fraction of sp³-hybridized carbons (Fsp3) is 0.450. The van der Waals surface area contributed by atoms with Gasteiger partial charge in [-0.05, 0) is 25.0 Å². The van der Waals surface area contributed by atoms with E-state index in [0.717, 1.165) is 30.7 Å². The quantitative estimate of drug-likeness (QED) is 0.671. The molecule has 1 aliphatic heterocycles. The normalized spacial score (nSPS) is 15.5. The van der Waals surface area contributed by atoms with Crippen LogP contribution >= 0.6 is 0 Å². The molecule has 1 aliphatic rings. The van der Waals surface area contributed by atoms with Gasteiger partial charge in [-0.25, -0.2) is 9.78 Å². The Balaban J connectivity index is 1.55. The van der Waals surface area contributed by atoms with Crippen LogP contribution in [0.5, 0.6) is 0 Å². The summed E-state index contributed by atoms with van der Waals surface area (Å²) in [4.78, 5) is 33.8. The average Bonchev–Trinajstić information content (AvgIpc) is 3.09.